The van der Waals surface area contributed by atoms with E-state index in [-0.39, 0.29) is 15.4 Å². The molecule has 1 aromatic carbocycles. The maximum absolute atomic E-state index is 12.2. The monoisotopic (exact) mass is 340 g/mol. The second kappa shape index (κ2) is 6.35. The van der Waals surface area contributed by atoms with Gasteiger partial charge in [-0.1, -0.05) is 64.8 Å². The summed E-state index contributed by atoms with van der Waals surface area (Å²) in [5, 5.41) is 0.149. The van der Waals surface area contributed by atoms with Crippen molar-refractivity contribution in [2.45, 2.75) is 24.7 Å². The molecule has 0 aliphatic heterocycles. The van der Waals surface area contributed by atoms with Crippen molar-refractivity contribution >= 4 is 27.5 Å². The second-order valence-electron chi connectivity index (χ2n) is 4.22. The summed E-state index contributed by atoms with van der Waals surface area (Å²) in [6.45, 7) is 2.51. The molecule has 0 bridgehead atoms. The third-order valence-corrected chi connectivity index (χ3v) is 4.17. The maximum atomic E-state index is 12.2. The van der Waals surface area contributed by atoms with E-state index >= 15 is 0 Å². The molecular weight excluding hydrogens is 328 g/mol. The van der Waals surface area contributed by atoms with Crippen LogP contribution in [0, 0.1) is 0 Å². The van der Waals surface area contributed by atoms with Gasteiger partial charge in [0.2, 0.25) is 0 Å². The van der Waals surface area contributed by atoms with Gasteiger partial charge in [-0.3, -0.25) is 9.36 Å². The standard InChI is InChI=1S/C14H14BrClN2O/c1-2-11(15)13-17-8-12(16)14(19)18(13)9-10-6-4-3-5-7-10/h3-8,11H,2,9H2,1H3. The Morgan fingerprint density at radius 1 is 1.37 bits per heavy atom. The van der Waals surface area contributed by atoms with E-state index in [1.807, 2.05) is 37.3 Å². The number of halogens is 2. The number of hydrogen-bond acceptors (Lipinski definition) is 2. The van der Waals surface area contributed by atoms with Crippen LogP contribution in [0.3, 0.4) is 0 Å². The Morgan fingerprint density at radius 2 is 2.05 bits per heavy atom. The molecule has 19 heavy (non-hydrogen) atoms. The van der Waals surface area contributed by atoms with Crippen molar-refractivity contribution < 1.29 is 0 Å². The molecule has 1 atom stereocenters. The van der Waals surface area contributed by atoms with Gasteiger partial charge >= 0.3 is 0 Å². The molecule has 0 aliphatic carbocycles. The third kappa shape index (κ3) is 3.25. The van der Waals surface area contributed by atoms with Crippen molar-refractivity contribution in [3.8, 4) is 0 Å². The van der Waals surface area contributed by atoms with Crippen molar-refractivity contribution in [3.05, 3.63) is 63.3 Å². The van der Waals surface area contributed by atoms with E-state index in [1.165, 1.54) is 6.20 Å². The molecular formula is C14H14BrClN2O. The lowest BCUT2D eigenvalue weighted by Crippen LogP contribution is -2.26. The zero-order valence-electron chi connectivity index (χ0n) is 10.5. The van der Waals surface area contributed by atoms with Gasteiger partial charge in [-0.15, -0.1) is 0 Å². The van der Waals surface area contributed by atoms with Crippen molar-refractivity contribution in [1.29, 1.82) is 0 Å². The van der Waals surface area contributed by atoms with E-state index in [9.17, 15) is 4.79 Å². The molecule has 1 heterocycles. The molecule has 0 radical (unpaired) electrons. The van der Waals surface area contributed by atoms with Gasteiger partial charge in [0.05, 0.1) is 17.6 Å². The number of hydrogen-bond donors (Lipinski definition) is 0. The fourth-order valence-corrected chi connectivity index (χ4v) is 2.35. The molecule has 3 nitrogen and oxygen atoms in total. The van der Waals surface area contributed by atoms with Gasteiger partial charge in [0.1, 0.15) is 10.8 Å². The van der Waals surface area contributed by atoms with Crippen molar-refractivity contribution in [2.75, 3.05) is 0 Å². The Morgan fingerprint density at radius 3 is 2.68 bits per heavy atom. The molecule has 1 aromatic heterocycles. The molecule has 0 amide bonds. The van der Waals surface area contributed by atoms with Crippen LogP contribution in [0.1, 0.15) is 29.6 Å². The zero-order valence-corrected chi connectivity index (χ0v) is 12.9. The summed E-state index contributed by atoms with van der Waals surface area (Å²) < 4.78 is 1.63. The Balaban J connectivity index is 2.48. The minimum absolute atomic E-state index is 0.0428. The summed E-state index contributed by atoms with van der Waals surface area (Å²) in [6.07, 6.45) is 2.27. The second-order valence-corrected chi connectivity index (χ2v) is 5.73. The van der Waals surface area contributed by atoms with Crippen LogP contribution < -0.4 is 5.56 Å². The van der Waals surface area contributed by atoms with Crippen LogP contribution in [0.25, 0.3) is 0 Å². The fourth-order valence-electron chi connectivity index (χ4n) is 1.83. The Bertz CT molecular complexity index is 613. The van der Waals surface area contributed by atoms with Gasteiger partial charge in [0.25, 0.3) is 5.56 Å². The van der Waals surface area contributed by atoms with Gasteiger partial charge < -0.3 is 0 Å². The first-order valence-electron chi connectivity index (χ1n) is 6.06. The van der Waals surface area contributed by atoms with Crippen LogP contribution in [-0.2, 0) is 6.54 Å². The largest absolute Gasteiger partial charge is 0.290 e. The van der Waals surface area contributed by atoms with Gasteiger partial charge in [0.15, 0.2) is 0 Å². The molecule has 0 aliphatic rings. The van der Waals surface area contributed by atoms with Gasteiger partial charge in [-0.2, -0.15) is 0 Å². The normalized spacial score (nSPS) is 12.4. The lowest BCUT2D eigenvalue weighted by Gasteiger charge is -2.15. The quantitative estimate of drug-likeness (QED) is 0.793. The van der Waals surface area contributed by atoms with Crippen LogP contribution >= 0.6 is 27.5 Å². The molecule has 5 heteroatoms. The predicted molar refractivity (Wildman–Crippen MR) is 81.0 cm³/mol. The van der Waals surface area contributed by atoms with Gasteiger partial charge in [0, 0.05) is 0 Å². The Labute approximate surface area is 125 Å². The van der Waals surface area contributed by atoms with E-state index in [0.29, 0.717) is 12.4 Å². The molecule has 2 rings (SSSR count). The summed E-state index contributed by atoms with van der Waals surface area (Å²) in [5.41, 5.74) is 0.846. The first kappa shape index (κ1) is 14.3. The van der Waals surface area contributed by atoms with E-state index in [0.717, 1.165) is 12.0 Å². The van der Waals surface area contributed by atoms with Crippen LogP contribution in [0.2, 0.25) is 5.02 Å². The summed E-state index contributed by atoms with van der Waals surface area (Å²) in [6, 6.07) is 9.80. The summed E-state index contributed by atoms with van der Waals surface area (Å²) >= 11 is 9.43. The SMILES string of the molecule is CCC(Br)c1ncc(Cl)c(=O)n1Cc1ccccc1. The number of rotatable bonds is 4. The molecule has 0 saturated heterocycles. The van der Waals surface area contributed by atoms with E-state index < -0.39 is 0 Å². The highest BCUT2D eigenvalue weighted by molar-refractivity contribution is 9.09. The van der Waals surface area contributed by atoms with Crippen LogP contribution in [0.5, 0.6) is 0 Å². The summed E-state index contributed by atoms with van der Waals surface area (Å²) in [7, 11) is 0. The minimum Gasteiger partial charge on any atom is -0.290 e. The smallest absolute Gasteiger partial charge is 0.272 e. The Kier molecular flexibility index (Phi) is 4.77. The summed E-state index contributed by atoms with van der Waals surface area (Å²) in [4.78, 5) is 16.5. The maximum Gasteiger partial charge on any atom is 0.272 e. The fraction of sp³-hybridized carbons (Fsp3) is 0.286. The van der Waals surface area contributed by atoms with E-state index in [1.54, 1.807) is 4.57 Å². The van der Waals surface area contributed by atoms with Crippen LogP contribution in [-0.4, -0.2) is 9.55 Å². The van der Waals surface area contributed by atoms with Gasteiger partial charge in [-0.25, -0.2) is 4.98 Å². The number of nitrogens with zero attached hydrogens (tertiary/aromatic N) is 2. The van der Waals surface area contributed by atoms with E-state index in [2.05, 4.69) is 20.9 Å². The molecule has 0 fully saturated rings. The molecule has 1 unspecified atom stereocenters. The van der Waals surface area contributed by atoms with Crippen molar-refractivity contribution in [2.24, 2.45) is 0 Å². The van der Waals surface area contributed by atoms with Crippen molar-refractivity contribution in [1.82, 2.24) is 9.55 Å². The highest BCUT2D eigenvalue weighted by Crippen LogP contribution is 2.24. The first-order valence-corrected chi connectivity index (χ1v) is 7.36. The number of aromatic nitrogens is 2. The third-order valence-electron chi connectivity index (χ3n) is 2.86. The average Bonchev–Trinajstić information content (AvgIpc) is 2.44. The number of alkyl halides is 1. The zero-order chi connectivity index (χ0) is 13.8. The molecule has 0 N–H and O–H groups in total. The lowest BCUT2D eigenvalue weighted by molar-refractivity contribution is 0.652. The highest BCUT2D eigenvalue weighted by atomic mass is 79.9. The lowest BCUT2D eigenvalue weighted by atomic mass is 10.2. The average molecular weight is 342 g/mol. The molecule has 0 spiro atoms. The topological polar surface area (TPSA) is 34.9 Å². The molecule has 2 aromatic rings. The number of benzene rings is 1. The predicted octanol–water partition coefficient (Wildman–Crippen LogP) is 3.79. The summed E-state index contributed by atoms with van der Waals surface area (Å²) in [5.74, 6) is 0.709. The van der Waals surface area contributed by atoms with Gasteiger partial charge in [-0.05, 0) is 12.0 Å². The van der Waals surface area contributed by atoms with Crippen molar-refractivity contribution in [3.63, 3.8) is 0 Å². The minimum atomic E-state index is -0.201. The van der Waals surface area contributed by atoms with Crippen LogP contribution in [0.15, 0.2) is 41.3 Å². The molecule has 0 saturated carbocycles. The van der Waals surface area contributed by atoms with E-state index in [4.69, 9.17) is 11.6 Å². The highest BCUT2D eigenvalue weighted by Gasteiger charge is 2.15. The Hall–Kier alpha value is -1.13. The molecule has 100 valence electrons. The first-order chi connectivity index (χ1) is 9.13. The van der Waals surface area contributed by atoms with Crippen LogP contribution in [0.4, 0.5) is 0 Å².